The average molecular weight is 235 g/mol. The van der Waals surface area contributed by atoms with E-state index < -0.39 is 15.1 Å². The minimum Gasteiger partial charge on any atom is -0.365 e. The monoisotopic (exact) mass is 235 g/mol. The van der Waals surface area contributed by atoms with Crippen LogP contribution >= 0.6 is 0 Å². The van der Waals surface area contributed by atoms with Crippen LogP contribution in [-0.2, 0) is 14.6 Å². The van der Waals surface area contributed by atoms with Crippen LogP contribution in [0.1, 0.15) is 11.5 Å². The van der Waals surface area contributed by atoms with Crippen LogP contribution in [0, 0.1) is 0 Å². The molecule has 0 saturated carbocycles. The lowest BCUT2D eigenvalue weighted by molar-refractivity contribution is 0.116. The lowest BCUT2D eigenvalue weighted by Gasteiger charge is -2.15. The molecule has 1 aromatic heterocycles. The molecule has 0 amide bonds. The molecule has 0 aromatic carbocycles. The first kappa shape index (κ1) is 8.90. The summed E-state index contributed by atoms with van der Waals surface area (Å²) in [5.41, 5.74) is 0.823. The Hall–Kier alpha value is -1.20. The molecule has 0 N–H and O–H groups in total. The van der Waals surface area contributed by atoms with E-state index in [2.05, 4.69) is 4.98 Å². The predicted molar refractivity (Wildman–Crippen MR) is 55.8 cm³/mol. The number of nitrogens with zero attached hydrogens (tertiary/aromatic N) is 1. The van der Waals surface area contributed by atoms with Crippen LogP contribution in [0.25, 0.3) is 0 Å². The summed E-state index contributed by atoms with van der Waals surface area (Å²) in [6.45, 7) is 0. The SMILES string of the molecule is O=S1(=O)c2ncccc2[C@@H]2[C@H]1[C@H]1C=C[C@@H]2O1. The van der Waals surface area contributed by atoms with Crippen LogP contribution in [0.3, 0.4) is 0 Å². The van der Waals surface area contributed by atoms with Crippen LogP contribution in [0.2, 0.25) is 0 Å². The summed E-state index contributed by atoms with van der Waals surface area (Å²) in [6.07, 6.45) is 4.98. The highest BCUT2D eigenvalue weighted by Crippen LogP contribution is 2.51. The third kappa shape index (κ3) is 0.814. The topological polar surface area (TPSA) is 56.3 Å². The van der Waals surface area contributed by atoms with Gasteiger partial charge in [0.2, 0.25) is 9.84 Å². The summed E-state index contributed by atoms with van der Waals surface area (Å²) in [5.74, 6) is -0.0521. The Bertz CT molecular complexity index is 607. The van der Waals surface area contributed by atoms with Gasteiger partial charge in [0.1, 0.15) is 5.25 Å². The van der Waals surface area contributed by atoms with E-state index in [1.54, 1.807) is 6.07 Å². The zero-order valence-corrected chi connectivity index (χ0v) is 9.09. The maximum atomic E-state index is 12.3. The minimum absolute atomic E-state index is 0.0521. The molecule has 0 radical (unpaired) electrons. The van der Waals surface area contributed by atoms with E-state index in [1.807, 2.05) is 18.2 Å². The van der Waals surface area contributed by atoms with E-state index in [-0.39, 0.29) is 23.2 Å². The molecule has 2 bridgehead atoms. The lowest BCUT2D eigenvalue weighted by atomic mass is 9.88. The molecule has 1 aromatic rings. The standard InChI is InChI=1S/C11H9NO3S/c13-16(14)10-8-4-3-7(15-8)9(10)6-2-1-5-12-11(6)16/h1-5,7-10H/t7-,8+,9-,10+/m0/s1. The quantitative estimate of drug-likeness (QED) is 0.620. The molecule has 4 atom stereocenters. The van der Waals surface area contributed by atoms with E-state index in [1.165, 1.54) is 6.20 Å². The summed E-state index contributed by atoms with van der Waals surface area (Å²) in [4.78, 5) is 4.02. The third-order valence-electron chi connectivity index (χ3n) is 3.62. The number of pyridine rings is 1. The highest BCUT2D eigenvalue weighted by Gasteiger charge is 2.59. The van der Waals surface area contributed by atoms with Crippen molar-refractivity contribution in [2.24, 2.45) is 0 Å². The van der Waals surface area contributed by atoms with Gasteiger partial charge in [0, 0.05) is 12.1 Å². The van der Waals surface area contributed by atoms with Crippen LogP contribution in [0.15, 0.2) is 35.5 Å². The molecule has 5 heteroatoms. The highest BCUT2D eigenvalue weighted by atomic mass is 32.2. The molecule has 1 fully saturated rings. The van der Waals surface area contributed by atoms with Gasteiger partial charge in [0.15, 0.2) is 5.03 Å². The van der Waals surface area contributed by atoms with Gasteiger partial charge in [-0.15, -0.1) is 0 Å². The first-order valence-corrected chi connectivity index (χ1v) is 6.77. The van der Waals surface area contributed by atoms with Crippen molar-refractivity contribution >= 4 is 9.84 Å². The van der Waals surface area contributed by atoms with Gasteiger partial charge in [-0.05, 0) is 11.6 Å². The Labute approximate surface area is 92.9 Å². The fourth-order valence-corrected chi connectivity index (χ4v) is 5.21. The van der Waals surface area contributed by atoms with Crippen molar-refractivity contribution in [1.82, 2.24) is 4.98 Å². The molecule has 0 unspecified atom stereocenters. The fourth-order valence-electron chi connectivity index (χ4n) is 3.02. The Kier molecular flexibility index (Phi) is 1.42. The van der Waals surface area contributed by atoms with Gasteiger partial charge in [-0.3, -0.25) is 0 Å². The van der Waals surface area contributed by atoms with Gasteiger partial charge in [0.25, 0.3) is 0 Å². The van der Waals surface area contributed by atoms with Gasteiger partial charge < -0.3 is 4.74 Å². The Balaban J connectivity index is 2.05. The van der Waals surface area contributed by atoms with Gasteiger partial charge in [-0.25, -0.2) is 13.4 Å². The summed E-state index contributed by atoms with van der Waals surface area (Å²) >= 11 is 0. The Morgan fingerprint density at radius 3 is 2.94 bits per heavy atom. The maximum Gasteiger partial charge on any atom is 0.202 e. The number of sulfone groups is 1. The number of ether oxygens (including phenoxy) is 1. The normalized spacial score (nSPS) is 41.0. The predicted octanol–water partition coefficient (Wildman–Crippen LogP) is 0.658. The maximum absolute atomic E-state index is 12.3. The fraction of sp³-hybridized carbons (Fsp3) is 0.364. The molecular weight excluding hydrogens is 226 g/mol. The van der Waals surface area contributed by atoms with E-state index >= 15 is 0 Å². The molecule has 1 saturated heterocycles. The van der Waals surface area contributed by atoms with Crippen molar-refractivity contribution in [1.29, 1.82) is 0 Å². The summed E-state index contributed by atoms with van der Waals surface area (Å²) in [6, 6.07) is 3.63. The molecule has 0 spiro atoms. The van der Waals surface area contributed by atoms with Crippen molar-refractivity contribution in [2.75, 3.05) is 0 Å². The van der Waals surface area contributed by atoms with E-state index in [0.29, 0.717) is 0 Å². The van der Waals surface area contributed by atoms with Gasteiger partial charge >= 0.3 is 0 Å². The lowest BCUT2D eigenvalue weighted by Crippen LogP contribution is -2.29. The van der Waals surface area contributed by atoms with Crippen molar-refractivity contribution in [2.45, 2.75) is 28.4 Å². The van der Waals surface area contributed by atoms with Crippen molar-refractivity contribution < 1.29 is 13.2 Å². The van der Waals surface area contributed by atoms with Crippen LogP contribution in [0.5, 0.6) is 0 Å². The van der Waals surface area contributed by atoms with Crippen LogP contribution in [-0.4, -0.2) is 30.9 Å². The molecule has 82 valence electrons. The van der Waals surface area contributed by atoms with Crippen molar-refractivity contribution in [3.8, 4) is 0 Å². The number of hydrogen-bond acceptors (Lipinski definition) is 4. The number of aromatic nitrogens is 1. The second-order valence-electron chi connectivity index (χ2n) is 4.38. The van der Waals surface area contributed by atoms with Gasteiger partial charge in [0.05, 0.1) is 12.2 Å². The first-order valence-electron chi connectivity index (χ1n) is 5.22. The Morgan fingerprint density at radius 1 is 1.25 bits per heavy atom. The number of hydrogen-bond donors (Lipinski definition) is 0. The summed E-state index contributed by atoms with van der Waals surface area (Å²) in [7, 11) is -3.30. The van der Waals surface area contributed by atoms with E-state index in [4.69, 9.17) is 4.74 Å². The molecular formula is C11H9NO3S. The van der Waals surface area contributed by atoms with Crippen molar-refractivity contribution in [3.05, 3.63) is 36.0 Å². The molecule has 4 nitrogen and oxygen atoms in total. The first-order chi connectivity index (χ1) is 7.69. The second-order valence-corrected chi connectivity index (χ2v) is 6.40. The largest absolute Gasteiger partial charge is 0.365 e. The summed E-state index contributed by atoms with van der Waals surface area (Å²) in [5, 5.41) is -0.195. The van der Waals surface area contributed by atoms with Crippen LogP contribution in [0.4, 0.5) is 0 Å². The smallest absolute Gasteiger partial charge is 0.202 e. The summed E-state index contributed by atoms with van der Waals surface area (Å²) < 4.78 is 30.2. The second kappa shape index (κ2) is 2.55. The highest BCUT2D eigenvalue weighted by molar-refractivity contribution is 7.92. The number of rotatable bonds is 0. The average Bonchev–Trinajstić information content (AvgIpc) is 2.92. The molecule has 4 heterocycles. The number of fused-ring (bicyclic) bond motifs is 7. The van der Waals surface area contributed by atoms with E-state index in [9.17, 15) is 8.42 Å². The van der Waals surface area contributed by atoms with Gasteiger partial charge in [-0.2, -0.15) is 0 Å². The van der Waals surface area contributed by atoms with E-state index in [0.717, 1.165) is 5.56 Å². The van der Waals surface area contributed by atoms with Crippen molar-refractivity contribution in [3.63, 3.8) is 0 Å². The molecule has 3 aliphatic heterocycles. The third-order valence-corrected chi connectivity index (χ3v) is 5.78. The van der Waals surface area contributed by atoms with Crippen LogP contribution < -0.4 is 0 Å². The molecule has 4 rings (SSSR count). The zero-order valence-electron chi connectivity index (χ0n) is 8.28. The minimum atomic E-state index is -3.30. The molecule has 16 heavy (non-hydrogen) atoms. The Morgan fingerprint density at radius 2 is 2.06 bits per heavy atom. The zero-order chi connectivity index (χ0) is 10.9. The molecule has 3 aliphatic rings. The molecule has 0 aliphatic carbocycles. The van der Waals surface area contributed by atoms with Gasteiger partial charge in [-0.1, -0.05) is 18.2 Å².